The molecular weight excluding hydrogens is 226 g/mol. The van der Waals surface area contributed by atoms with Crippen molar-refractivity contribution in [3.8, 4) is 0 Å². The summed E-state index contributed by atoms with van der Waals surface area (Å²) in [6.45, 7) is 0.955. The molecule has 1 atom stereocenters. The van der Waals surface area contributed by atoms with E-state index in [9.17, 15) is 9.90 Å². The number of carboxylic acids is 1. The van der Waals surface area contributed by atoms with Crippen molar-refractivity contribution >= 4 is 5.97 Å². The third kappa shape index (κ3) is 2.03. The zero-order chi connectivity index (χ0) is 12.5. The van der Waals surface area contributed by atoms with Crippen LogP contribution in [0.1, 0.15) is 37.3 Å². The van der Waals surface area contributed by atoms with Crippen LogP contribution in [0, 0.1) is 5.92 Å². The fourth-order valence-corrected chi connectivity index (χ4v) is 3.53. The van der Waals surface area contributed by atoms with E-state index in [-0.39, 0.29) is 0 Å². The largest absolute Gasteiger partial charge is 0.480 e. The predicted octanol–water partition coefficient (Wildman–Crippen LogP) is 2.69. The third-order valence-electron chi connectivity index (χ3n) is 4.44. The van der Waals surface area contributed by atoms with Gasteiger partial charge in [0.15, 0.2) is 0 Å². The summed E-state index contributed by atoms with van der Waals surface area (Å²) in [5, 5.41) is 9.57. The Bertz CT molecular complexity index is 423. The molecule has 18 heavy (non-hydrogen) atoms. The second-order valence-electron chi connectivity index (χ2n) is 5.52. The molecule has 1 aromatic carbocycles. The topological polar surface area (TPSA) is 40.5 Å². The first-order valence-corrected chi connectivity index (χ1v) is 6.79. The smallest absolute Gasteiger partial charge is 0.325 e. The summed E-state index contributed by atoms with van der Waals surface area (Å²) in [5.41, 5.74) is 0.914. The maximum absolute atomic E-state index is 11.6. The number of carbonyl (C=O) groups is 1. The van der Waals surface area contributed by atoms with Crippen LogP contribution in [-0.4, -0.2) is 28.6 Å². The molecule has 3 fully saturated rings. The summed E-state index contributed by atoms with van der Waals surface area (Å²) in [5.74, 6) is -0.00527. The normalized spacial score (nSPS) is 29.1. The van der Waals surface area contributed by atoms with Gasteiger partial charge in [0.2, 0.25) is 0 Å². The van der Waals surface area contributed by atoms with Gasteiger partial charge in [0.1, 0.15) is 6.04 Å². The monoisotopic (exact) mass is 245 g/mol. The lowest BCUT2D eigenvalue weighted by Crippen LogP contribution is -2.51. The Morgan fingerprint density at radius 3 is 2.33 bits per heavy atom. The van der Waals surface area contributed by atoms with Crippen molar-refractivity contribution in [3.63, 3.8) is 0 Å². The van der Waals surface area contributed by atoms with Gasteiger partial charge in [0.05, 0.1) is 0 Å². The molecule has 1 aliphatic carbocycles. The average Bonchev–Trinajstić information content (AvgIpc) is 2.41. The van der Waals surface area contributed by atoms with Crippen LogP contribution >= 0.6 is 0 Å². The Hall–Kier alpha value is -1.35. The lowest BCUT2D eigenvalue weighted by molar-refractivity contribution is -0.147. The summed E-state index contributed by atoms with van der Waals surface area (Å²) in [6, 6.07) is 9.66. The van der Waals surface area contributed by atoms with E-state index in [1.54, 1.807) is 0 Å². The fraction of sp³-hybridized carbons (Fsp3) is 0.533. The summed E-state index contributed by atoms with van der Waals surface area (Å²) < 4.78 is 0. The van der Waals surface area contributed by atoms with Crippen LogP contribution in [-0.2, 0) is 4.79 Å². The minimum absolute atomic E-state index is 0.459. The van der Waals surface area contributed by atoms with Crippen LogP contribution in [0.25, 0.3) is 0 Å². The molecule has 2 saturated heterocycles. The van der Waals surface area contributed by atoms with Gasteiger partial charge in [0.25, 0.3) is 0 Å². The molecule has 0 spiro atoms. The second kappa shape index (κ2) is 4.73. The lowest BCUT2D eigenvalue weighted by Gasteiger charge is -2.47. The van der Waals surface area contributed by atoms with Gasteiger partial charge >= 0.3 is 5.97 Å². The van der Waals surface area contributed by atoms with E-state index in [0.29, 0.717) is 12.0 Å². The van der Waals surface area contributed by atoms with Gasteiger partial charge in [0, 0.05) is 12.6 Å². The van der Waals surface area contributed by atoms with Crippen LogP contribution in [0.3, 0.4) is 0 Å². The first kappa shape index (κ1) is 11.7. The summed E-state index contributed by atoms with van der Waals surface area (Å²) in [7, 11) is 0. The highest BCUT2D eigenvalue weighted by atomic mass is 16.4. The number of rotatable bonds is 3. The van der Waals surface area contributed by atoms with Crippen molar-refractivity contribution < 1.29 is 9.90 Å². The molecular formula is C15H19NO2. The molecule has 0 aromatic heterocycles. The van der Waals surface area contributed by atoms with Crippen molar-refractivity contribution in [2.24, 2.45) is 5.92 Å². The molecule has 4 rings (SSSR count). The molecule has 2 heterocycles. The first-order chi connectivity index (χ1) is 8.75. The Morgan fingerprint density at radius 1 is 1.17 bits per heavy atom. The van der Waals surface area contributed by atoms with Gasteiger partial charge in [-0.05, 0) is 37.2 Å². The van der Waals surface area contributed by atoms with Crippen molar-refractivity contribution in [2.75, 3.05) is 6.54 Å². The van der Waals surface area contributed by atoms with Gasteiger partial charge in [-0.25, -0.2) is 0 Å². The molecule has 0 radical (unpaired) electrons. The number of benzene rings is 1. The van der Waals surface area contributed by atoms with Gasteiger partial charge < -0.3 is 5.11 Å². The van der Waals surface area contributed by atoms with Crippen LogP contribution in [0.4, 0.5) is 0 Å². The quantitative estimate of drug-likeness (QED) is 0.890. The van der Waals surface area contributed by atoms with Crippen LogP contribution in [0.15, 0.2) is 30.3 Å². The molecule has 96 valence electrons. The van der Waals surface area contributed by atoms with E-state index in [2.05, 4.69) is 4.90 Å². The molecule has 3 aliphatic rings. The molecule has 0 amide bonds. The fourth-order valence-electron chi connectivity index (χ4n) is 3.53. The van der Waals surface area contributed by atoms with E-state index in [1.807, 2.05) is 30.3 Å². The lowest BCUT2D eigenvalue weighted by atomic mass is 9.78. The zero-order valence-electron chi connectivity index (χ0n) is 10.5. The Balaban J connectivity index is 1.89. The van der Waals surface area contributed by atoms with E-state index < -0.39 is 12.0 Å². The maximum atomic E-state index is 11.6. The van der Waals surface area contributed by atoms with Gasteiger partial charge in [-0.2, -0.15) is 0 Å². The molecule has 3 heteroatoms. The number of fused-ring (bicyclic) bond motifs is 3. The highest BCUT2D eigenvalue weighted by Gasteiger charge is 2.40. The molecule has 2 aliphatic heterocycles. The molecule has 1 aromatic rings. The minimum atomic E-state index is -0.714. The maximum Gasteiger partial charge on any atom is 0.325 e. The van der Waals surface area contributed by atoms with Crippen molar-refractivity contribution in [1.82, 2.24) is 4.90 Å². The predicted molar refractivity (Wildman–Crippen MR) is 69.3 cm³/mol. The molecule has 3 nitrogen and oxygen atoms in total. The standard InChI is InChI=1S/C15H19NO2/c17-15(18)14(12-4-2-1-3-5-12)16-10-11-6-8-13(16)9-7-11/h1-5,11,13-14H,6-10H2,(H,17,18). The van der Waals surface area contributed by atoms with Crippen molar-refractivity contribution in [1.29, 1.82) is 0 Å². The van der Waals surface area contributed by atoms with Gasteiger partial charge in [-0.15, -0.1) is 0 Å². The number of hydrogen-bond acceptors (Lipinski definition) is 2. The van der Waals surface area contributed by atoms with E-state index in [4.69, 9.17) is 0 Å². The minimum Gasteiger partial charge on any atom is -0.480 e. The molecule has 1 saturated carbocycles. The zero-order valence-corrected chi connectivity index (χ0v) is 10.5. The van der Waals surface area contributed by atoms with E-state index in [0.717, 1.165) is 12.1 Å². The summed E-state index contributed by atoms with van der Waals surface area (Å²) in [4.78, 5) is 13.9. The number of hydrogen-bond donors (Lipinski definition) is 1. The van der Waals surface area contributed by atoms with Gasteiger partial charge in [-0.3, -0.25) is 9.69 Å². The number of carboxylic acid groups (broad SMARTS) is 1. The molecule has 2 bridgehead atoms. The number of piperidine rings is 2. The van der Waals surface area contributed by atoms with E-state index >= 15 is 0 Å². The van der Waals surface area contributed by atoms with Crippen LogP contribution in [0.2, 0.25) is 0 Å². The number of aliphatic carboxylic acids is 1. The second-order valence-corrected chi connectivity index (χ2v) is 5.52. The van der Waals surface area contributed by atoms with Crippen molar-refractivity contribution in [2.45, 2.75) is 37.8 Å². The highest BCUT2D eigenvalue weighted by Crippen LogP contribution is 2.39. The van der Waals surface area contributed by atoms with Crippen LogP contribution in [0.5, 0.6) is 0 Å². The first-order valence-electron chi connectivity index (χ1n) is 6.79. The Labute approximate surface area is 107 Å². The summed E-state index contributed by atoms with van der Waals surface area (Å²) in [6.07, 6.45) is 4.90. The highest BCUT2D eigenvalue weighted by molar-refractivity contribution is 5.75. The average molecular weight is 245 g/mol. The summed E-state index contributed by atoms with van der Waals surface area (Å²) >= 11 is 0. The molecule has 1 unspecified atom stereocenters. The third-order valence-corrected chi connectivity index (χ3v) is 4.44. The molecule has 1 N–H and O–H groups in total. The van der Waals surface area contributed by atoms with Crippen molar-refractivity contribution in [3.05, 3.63) is 35.9 Å². The van der Waals surface area contributed by atoms with Crippen LogP contribution < -0.4 is 0 Å². The van der Waals surface area contributed by atoms with Gasteiger partial charge in [-0.1, -0.05) is 30.3 Å². The number of nitrogens with zero attached hydrogens (tertiary/aromatic N) is 1. The SMILES string of the molecule is O=C(O)C(c1ccccc1)N1CC2CCC1CC2. The Morgan fingerprint density at radius 2 is 1.83 bits per heavy atom. The Kier molecular flexibility index (Phi) is 3.08. The van der Waals surface area contributed by atoms with E-state index in [1.165, 1.54) is 25.7 Å².